The molecule has 0 aliphatic rings. The molecule has 3 aromatic rings. The molecule has 3 aromatic carbocycles. The molecule has 1 heteroatoms. The Bertz CT molecular complexity index is 683. The number of anilines is 1. The van der Waals surface area contributed by atoms with Gasteiger partial charge in [-0.25, -0.2) is 0 Å². The monoisotopic (exact) mass is 220 g/mol. The summed E-state index contributed by atoms with van der Waals surface area (Å²) < 4.78 is 0. The van der Waals surface area contributed by atoms with Crippen molar-refractivity contribution in [3.63, 3.8) is 0 Å². The van der Waals surface area contributed by atoms with Gasteiger partial charge in [0.1, 0.15) is 0 Å². The van der Waals surface area contributed by atoms with Crippen LogP contribution in [0.3, 0.4) is 0 Å². The Morgan fingerprint density at radius 2 is 1.76 bits per heavy atom. The van der Waals surface area contributed by atoms with Gasteiger partial charge in [-0.15, -0.1) is 0 Å². The number of nitrogens with zero attached hydrogens (tertiary/aromatic N) is 1. The van der Waals surface area contributed by atoms with Crippen LogP contribution in [0.1, 0.15) is 0 Å². The normalized spacial score (nSPS) is 10.9. The van der Waals surface area contributed by atoms with Crippen molar-refractivity contribution in [2.45, 2.75) is 0 Å². The minimum absolute atomic E-state index is 1.18. The largest absolute Gasteiger partial charge is 0.378 e. The van der Waals surface area contributed by atoms with Crippen molar-refractivity contribution in [3.8, 4) is 0 Å². The third-order valence-electron chi connectivity index (χ3n) is 3.15. The SMILES string of the molecule is CN(C)c1ccc2c[c]c3ccccc3c2c1. The highest BCUT2D eigenvalue weighted by molar-refractivity contribution is 6.08. The Morgan fingerprint density at radius 1 is 0.941 bits per heavy atom. The molecule has 0 unspecified atom stereocenters. The Balaban J connectivity index is 2.42. The van der Waals surface area contributed by atoms with Gasteiger partial charge < -0.3 is 4.90 Å². The van der Waals surface area contributed by atoms with E-state index in [4.69, 9.17) is 0 Å². The Labute approximate surface area is 101 Å². The molecule has 0 aliphatic heterocycles. The highest BCUT2D eigenvalue weighted by Crippen LogP contribution is 2.28. The van der Waals surface area contributed by atoms with Gasteiger partial charge in [-0.2, -0.15) is 0 Å². The molecule has 0 aromatic heterocycles. The maximum absolute atomic E-state index is 3.33. The molecule has 0 N–H and O–H groups in total. The van der Waals surface area contributed by atoms with E-state index in [0.29, 0.717) is 0 Å². The quantitative estimate of drug-likeness (QED) is 0.563. The fourth-order valence-electron chi connectivity index (χ4n) is 2.18. The number of rotatable bonds is 1. The Hall–Kier alpha value is -2.02. The molecule has 0 atom stereocenters. The summed E-state index contributed by atoms with van der Waals surface area (Å²) in [4.78, 5) is 2.13. The zero-order chi connectivity index (χ0) is 11.8. The molecular weight excluding hydrogens is 206 g/mol. The lowest BCUT2D eigenvalue weighted by molar-refractivity contribution is 1.14. The first-order chi connectivity index (χ1) is 8.25. The zero-order valence-electron chi connectivity index (χ0n) is 10.1. The van der Waals surface area contributed by atoms with Gasteiger partial charge in [0.15, 0.2) is 0 Å². The summed E-state index contributed by atoms with van der Waals surface area (Å²) in [6, 6.07) is 20.3. The van der Waals surface area contributed by atoms with E-state index >= 15 is 0 Å². The van der Waals surface area contributed by atoms with Gasteiger partial charge in [0.05, 0.1) is 0 Å². The molecule has 0 bridgehead atoms. The topological polar surface area (TPSA) is 3.24 Å². The van der Waals surface area contributed by atoms with Crippen molar-refractivity contribution in [2.24, 2.45) is 0 Å². The van der Waals surface area contributed by atoms with E-state index in [2.05, 4.69) is 73.6 Å². The molecule has 3 rings (SSSR count). The molecule has 0 saturated heterocycles. The average molecular weight is 220 g/mol. The van der Waals surface area contributed by atoms with E-state index in [9.17, 15) is 0 Å². The van der Waals surface area contributed by atoms with Gasteiger partial charge in [-0.1, -0.05) is 30.3 Å². The average Bonchev–Trinajstić information content (AvgIpc) is 2.38. The van der Waals surface area contributed by atoms with Crippen LogP contribution in [0.2, 0.25) is 0 Å². The highest BCUT2D eigenvalue weighted by Gasteiger charge is 2.02. The summed E-state index contributed by atoms with van der Waals surface area (Å²) in [6.45, 7) is 0. The van der Waals surface area contributed by atoms with Gasteiger partial charge in [0.2, 0.25) is 0 Å². The molecule has 17 heavy (non-hydrogen) atoms. The van der Waals surface area contributed by atoms with Crippen LogP contribution in [0.25, 0.3) is 21.5 Å². The van der Waals surface area contributed by atoms with Crippen molar-refractivity contribution in [3.05, 3.63) is 54.6 Å². The van der Waals surface area contributed by atoms with Crippen LogP contribution in [0, 0.1) is 6.07 Å². The fourth-order valence-corrected chi connectivity index (χ4v) is 2.18. The molecule has 83 valence electrons. The molecule has 1 radical (unpaired) electrons. The number of fused-ring (bicyclic) bond motifs is 3. The summed E-state index contributed by atoms with van der Waals surface area (Å²) in [5.74, 6) is 0. The standard InChI is InChI=1S/C16H14N/c1-17(2)14-10-9-13-8-7-12-5-3-4-6-15(12)16(13)11-14/h3-6,8-11H,1-2H3. The number of benzene rings is 3. The van der Waals surface area contributed by atoms with Crippen LogP contribution in [0.5, 0.6) is 0 Å². The minimum atomic E-state index is 1.18. The van der Waals surface area contributed by atoms with E-state index in [0.717, 1.165) is 0 Å². The molecular formula is C16H14N. The van der Waals surface area contributed by atoms with Crippen LogP contribution in [-0.4, -0.2) is 14.1 Å². The van der Waals surface area contributed by atoms with Gasteiger partial charge in [0, 0.05) is 19.8 Å². The molecule has 0 amide bonds. The van der Waals surface area contributed by atoms with Gasteiger partial charge >= 0.3 is 0 Å². The maximum Gasteiger partial charge on any atom is 0.0367 e. The van der Waals surface area contributed by atoms with Crippen molar-refractivity contribution >= 4 is 27.2 Å². The van der Waals surface area contributed by atoms with E-state index in [-0.39, 0.29) is 0 Å². The smallest absolute Gasteiger partial charge is 0.0367 e. The van der Waals surface area contributed by atoms with E-state index in [1.807, 2.05) is 0 Å². The second-order valence-corrected chi connectivity index (χ2v) is 4.50. The lowest BCUT2D eigenvalue weighted by Crippen LogP contribution is -2.08. The first-order valence-electron chi connectivity index (χ1n) is 5.76. The molecule has 0 saturated carbocycles. The van der Waals surface area contributed by atoms with Crippen LogP contribution in [0.4, 0.5) is 5.69 Å². The third-order valence-corrected chi connectivity index (χ3v) is 3.15. The number of hydrogen-bond acceptors (Lipinski definition) is 1. The summed E-state index contributed by atoms with van der Waals surface area (Å²) in [6.07, 6.45) is 0. The highest BCUT2D eigenvalue weighted by atomic mass is 15.1. The van der Waals surface area contributed by atoms with Gasteiger partial charge in [-0.05, 0) is 45.8 Å². The third kappa shape index (κ3) is 1.64. The second kappa shape index (κ2) is 3.77. The van der Waals surface area contributed by atoms with Crippen molar-refractivity contribution in [1.29, 1.82) is 0 Å². The molecule has 0 fully saturated rings. The van der Waals surface area contributed by atoms with Crippen molar-refractivity contribution in [1.82, 2.24) is 0 Å². The molecule has 0 spiro atoms. The maximum atomic E-state index is 3.33. The zero-order valence-corrected chi connectivity index (χ0v) is 10.1. The lowest BCUT2D eigenvalue weighted by Gasteiger charge is -2.13. The second-order valence-electron chi connectivity index (χ2n) is 4.50. The van der Waals surface area contributed by atoms with Crippen molar-refractivity contribution in [2.75, 3.05) is 19.0 Å². The summed E-state index contributed by atoms with van der Waals surface area (Å²) in [5, 5.41) is 4.99. The van der Waals surface area contributed by atoms with E-state index in [1.54, 1.807) is 0 Å². The summed E-state index contributed by atoms with van der Waals surface area (Å²) >= 11 is 0. The van der Waals surface area contributed by atoms with Crippen LogP contribution in [0.15, 0.2) is 48.5 Å². The van der Waals surface area contributed by atoms with Crippen LogP contribution < -0.4 is 4.90 Å². The molecule has 0 heterocycles. The first-order valence-corrected chi connectivity index (χ1v) is 5.76. The predicted molar refractivity (Wildman–Crippen MR) is 74.6 cm³/mol. The number of hydrogen-bond donors (Lipinski definition) is 0. The van der Waals surface area contributed by atoms with Crippen molar-refractivity contribution < 1.29 is 0 Å². The van der Waals surface area contributed by atoms with E-state index < -0.39 is 0 Å². The lowest BCUT2D eigenvalue weighted by atomic mass is 10.0. The Morgan fingerprint density at radius 3 is 2.59 bits per heavy atom. The van der Waals surface area contributed by atoms with Gasteiger partial charge in [-0.3, -0.25) is 0 Å². The van der Waals surface area contributed by atoms with Crippen LogP contribution in [-0.2, 0) is 0 Å². The minimum Gasteiger partial charge on any atom is -0.378 e. The van der Waals surface area contributed by atoms with E-state index in [1.165, 1.54) is 27.2 Å². The first kappa shape index (κ1) is 10.2. The summed E-state index contributed by atoms with van der Waals surface area (Å²) in [5.41, 5.74) is 1.23. The molecule has 0 aliphatic carbocycles. The summed E-state index contributed by atoms with van der Waals surface area (Å²) in [7, 11) is 4.14. The molecule has 1 nitrogen and oxygen atoms in total. The Kier molecular flexibility index (Phi) is 2.25. The predicted octanol–water partition coefficient (Wildman–Crippen LogP) is 3.86. The van der Waals surface area contributed by atoms with Gasteiger partial charge in [0.25, 0.3) is 0 Å². The fraction of sp³-hybridized carbons (Fsp3) is 0.125. The van der Waals surface area contributed by atoms with Crippen LogP contribution >= 0.6 is 0 Å².